The average molecular weight is 513 g/mol. The zero-order chi connectivity index (χ0) is 23.9. The number of benzene rings is 1. The Kier molecular flexibility index (Phi) is 5.75. The maximum Gasteiger partial charge on any atom is 0.434 e. The van der Waals surface area contributed by atoms with Crippen LogP contribution in [0.15, 0.2) is 39.5 Å². The van der Waals surface area contributed by atoms with Crippen LogP contribution >= 0.6 is 15.9 Å². The zero-order valence-corrected chi connectivity index (χ0v) is 20.0. The van der Waals surface area contributed by atoms with E-state index in [0.29, 0.717) is 21.4 Å². The standard InChI is InChI=1S/C22H21BrN6O4/c1-11-7-12(16-15-8-14(23)10-24-17(15)29(27-16)21(31)32)5-6-13(11)9-25-18(30)19-26-20(28-33-19)22(2,3)4/h5-8,10H,9H2,1-4H3,(H,25,30)(H,31,32). The maximum atomic E-state index is 12.4. The molecule has 0 aliphatic carbocycles. The molecule has 170 valence electrons. The van der Waals surface area contributed by atoms with E-state index in [1.165, 1.54) is 6.20 Å². The summed E-state index contributed by atoms with van der Waals surface area (Å²) < 4.78 is 6.65. The highest BCUT2D eigenvalue weighted by Crippen LogP contribution is 2.30. The second-order valence-corrected chi connectivity index (χ2v) is 9.48. The molecule has 1 aromatic carbocycles. The molecule has 33 heavy (non-hydrogen) atoms. The minimum Gasteiger partial charge on any atom is -0.463 e. The number of nitrogens with one attached hydrogen (secondary N) is 1. The van der Waals surface area contributed by atoms with Gasteiger partial charge in [0.1, 0.15) is 5.69 Å². The number of fused-ring (bicyclic) bond motifs is 1. The van der Waals surface area contributed by atoms with Crippen molar-refractivity contribution in [1.82, 2.24) is 30.2 Å². The number of aromatic nitrogens is 5. The van der Waals surface area contributed by atoms with Gasteiger partial charge in [0, 0.05) is 33.6 Å². The van der Waals surface area contributed by atoms with Gasteiger partial charge in [0.15, 0.2) is 11.5 Å². The molecular weight excluding hydrogens is 492 g/mol. The summed E-state index contributed by atoms with van der Waals surface area (Å²) in [5.74, 6) is -0.0797. The van der Waals surface area contributed by atoms with Crippen LogP contribution in [0.4, 0.5) is 4.79 Å². The molecule has 11 heteroatoms. The minimum absolute atomic E-state index is 0.0852. The molecule has 0 bridgehead atoms. The predicted octanol–water partition coefficient (Wildman–Crippen LogP) is 4.31. The average Bonchev–Trinajstić information content (AvgIpc) is 3.38. The smallest absolute Gasteiger partial charge is 0.434 e. The molecule has 0 spiro atoms. The van der Waals surface area contributed by atoms with E-state index in [-0.39, 0.29) is 23.5 Å². The van der Waals surface area contributed by atoms with Crippen LogP contribution in [0.5, 0.6) is 0 Å². The van der Waals surface area contributed by atoms with Crippen LogP contribution in [-0.2, 0) is 12.0 Å². The molecule has 0 fully saturated rings. The fraction of sp³-hybridized carbons (Fsp3) is 0.273. The number of carbonyl (C=O) groups excluding carboxylic acids is 1. The predicted molar refractivity (Wildman–Crippen MR) is 123 cm³/mol. The lowest BCUT2D eigenvalue weighted by Gasteiger charge is -2.11. The fourth-order valence-electron chi connectivity index (χ4n) is 3.24. The van der Waals surface area contributed by atoms with E-state index in [0.717, 1.165) is 21.4 Å². The Labute approximate surface area is 197 Å². The summed E-state index contributed by atoms with van der Waals surface area (Å²) in [6.45, 7) is 7.96. The van der Waals surface area contributed by atoms with Gasteiger partial charge in [-0.25, -0.2) is 9.78 Å². The highest BCUT2D eigenvalue weighted by atomic mass is 79.9. The van der Waals surface area contributed by atoms with Gasteiger partial charge in [-0.1, -0.05) is 38.1 Å². The lowest BCUT2D eigenvalue weighted by Crippen LogP contribution is -2.24. The van der Waals surface area contributed by atoms with Crippen molar-refractivity contribution in [1.29, 1.82) is 0 Å². The number of halogens is 1. The van der Waals surface area contributed by atoms with Crippen molar-refractivity contribution in [2.75, 3.05) is 0 Å². The molecule has 0 saturated heterocycles. The Bertz CT molecular complexity index is 1390. The normalized spacial score (nSPS) is 11.7. The van der Waals surface area contributed by atoms with E-state index in [4.69, 9.17) is 4.52 Å². The van der Waals surface area contributed by atoms with Crippen molar-refractivity contribution < 1.29 is 19.2 Å². The number of carbonyl (C=O) groups is 2. The number of hydrogen-bond donors (Lipinski definition) is 2. The minimum atomic E-state index is -1.22. The van der Waals surface area contributed by atoms with E-state index in [1.807, 2.05) is 45.9 Å². The third kappa shape index (κ3) is 4.49. The van der Waals surface area contributed by atoms with Crippen molar-refractivity contribution >= 4 is 39.0 Å². The SMILES string of the molecule is Cc1cc(-c2nn(C(=O)O)c3ncc(Br)cc23)ccc1CNC(=O)c1nc(C(C)(C)C)no1. The van der Waals surface area contributed by atoms with E-state index in [1.54, 1.807) is 6.07 Å². The molecule has 2 N–H and O–H groups in total. The lowest BCUT2D eigenvalue weighted by atomic mass is 9.96. The molecular formula is C22H21BrN6O4. The van der Waals surface area contributed by atoms with E-state index >= 15 is 0 Å². The van der Waals surface area contributed by atoms with Gasteiger partial charge in [0.2, 0.25) is 0 Å². The summed E-state index contributed by atoms with van der Waals surface area (Å²) in [5, 5.41) is 21.0. The number of nitrogens with zero attached hydrogens (tertiary/aromatic N) is 5. The summed E-state index contributed by atoms with van der Waals surface area (Å²) in [7, 11) is 0. The van der Waals surface area contributed by atoms with Crippen LogP contribution in [-0.4, -0.2) is 42.0 Å². The van der Waals surface area contributed by atoms with Gasteiger partial charge in [0.05, 0.1) is 0 Å². The first kappa shape index (κ1) is 22.6. The highest BCUT2D eigenvalue weighted by molar-refractivity contribution is 9.10. The van der Waals surface area contributed by atoms with Crippen LogP contribution in [0.1, 0.15) is 48.4 Å². The topological polar surface area (TPSA) is 136 Å². The van der Waals surface area contributed by atoms with Crippen LogP contribution in [0.3, 0.4) is 0 Å². The van der Waals surface area contributed by atoms with Crippen molar-refractivity contribution in [2.24, 2.45) is 0 Å². The Balaban J connectivity index is 1.57. The fourth-order valence-corrected chi connectivity index (χ4v) is 3.57. The van der Waals surface area contributed by atoms with Gasteiger partial charge in [0.25, 0.3) is 0 Å². The van der Waals surface area contributed by atoms with Gasteiger partial charge in [-0.3, -0.25) is 4.79 Å². The largest absolute Gasteiger partial charge is 0.463 e. The van der Waals surface area contributed by atoms with Crippen LogP contribution < -0.4 is 5.32 Å². The van der Waals surface area contributed by atoms with Crippen molar-refractivity contribution in [3.63, 3.8) is 0 Å². The lowest BCUT2D eigenvalue weighted by molar-refractivity contribution is 0.0907. The Morgan fingerprint density at radius 3 is 2.64 bits per heavy atom. The highest BCUT2D eigenvalue weighted by Gasteiger charge is 2.24. The second-order valence-electron chi connectivity index (χ2n) is 8.56. The van der Waals surface area contributed by atoms with E-state index in [9.17, 15) is 14.7 Å². The van der Waals surface area contributed by atoms with Crippen molar-refractivity contribution in [2.45, 2.75) is 39.7 Å². The maximum absolute atomic E-state index is 12.4. The van der Waals surface area contributed by atoms with Gasteiger partial charge < -0.3 is 14.9 Å². The Morgan fingerprint density at radius 1 is 1.24 bits per heavy atom. The van der Waals surface area contributed by atoms with Gasteiger partial charge >= 0.3 is 17.9 Å². The van der Waals surface area contributed by atoms with Crippen LogP contribution in [0.25, 0.3) is 22.3 Å². The van der Waals surface area contributed by atoms with Gasteiger partial charge in [-0.05, 0) is 46.1 Å². The molecule has 4 aromatic rings. The molecule has 0 radical (unpaired) electrons. The van der Waals surface area contributed by atoms with Crippen molar-refractivity contribution in [3.05, 3.63) is 57.8 Å². The van der Waals surface area contributed by atoms with Crippen LogP contribution in [0, 0.1) is 6.92 Å². The number of amides is 1. The molecule has 0 aliphatic rings. The van der Waals surface area contributed by atoms with Crippen molar-refractivity contribution in [3.8, 4) is 11.3 Å². The Hall–Kier alpha value is -3.60. The zero-order valence-electron chi connectivity index (χ0n) is 18.4. The summed E-state index contributed by atoms with van der Waals surface area (Å²) >= 11 is 3.37. The Morgan fingerprint density at radius 2 is 2.00 bits per heavy atom. The molecule has 10 nitrogen and oxygen atoms in total. The monoisotopic (exact) mass is 512 g/mol. The molecule has 4 rings (SSSR count). The number of rotatable bonds is 4. The van der Waals surface area contributed by atoms with E-state index in [2.05, 4.69) is 41.5 Å². The number of hydrogen-bond acceptors (Lipinski definition) is 7. The molecule has 3 aromatic heterocycles. The van der Waals surface area contributed by atoms with E-state index < -0.39 is 12.0 Å². The summed E-state index contributed by atoms with van der Waals surface area (Å²) in [4.78, 5) is 32.3. The molecule has 0 atom stereocenters. The third-order valence-corrected chi connectivity index (χ3v) is 5.45. The number of aryl methyl sites for hydroxylation is 1. The molecule has 1 amide bonds. The molecule has 0 aliphatic heterocycles. The summed E-state index contributed by atoms with van der Waals surface area (Å²) in [6, 6.07) is 7.36. The first-order valence-corrected chi connectivity index (χ1v) is 10.8. The number of carboxylic acid groups (broad SMARTS) is 1. The third-order valence-electron chi connectivity index (χ3n) is 5.02. The summed E-state index contributed by atoms with van der Waals surface area (Å²) in [5.41, 5.74) is 2.94. The first-order chi connectivity index (χ1) is 15.5. The molecule has 3 heterocycles. The van der Waals surface area contributed by atoms with Crippen LogP contribution in [0.2, 0.25) is 0 Å². The second kappa shape index (κ2) is 8.39. The molecule has 0 unspecified atom stereocenters. The quantitative estimate of drug-likeness (QED) is 0.412. The number of pyridine rings is 1. The summed E-state index contributed by atoms with van der Waals surface area (Å²) in [6.07, 6.45) is 0.311. The van der Waals surface area contributed by atoms with Gasteiger partial charge in [-0.15, -0.1) is 4.68 Å². The van der Waals surface area contributed by atoms with Gasteiger partial charge in [-0.2, -0.15) is 10.1 Å². The molecule has 0 saturated carbocycles. The first-order valence-electron chi connectivity index (χ1n) is 10.0.